The van der Waals surface area contributed by atoms with Crippen molar-refractivity contribution in [1.82, 2.24) is 5.32 Å². The van der Waals surface area contributed by atoms with Crippen LogP contribution in [0.4, 0.5) is 10.5 Å². The SMILES string of the molecule is Cc1ccc(OCCNC(=O)Nc2ccc(C(C)(C)C)cc2)cc1. The number of aryl methyl sites for hydroxylation is 1. The van der Waals surface area contributed by atoms with Crippen LogP contribution in [0.2, 0.25) is 0 Å². The van der Waals surface area contributed by atoms with Crippen LogP contribution in [0, 0.1) is 6.92 Å². The summed E-state index contributed by atoms with van der Waals surface area (Å²) in [4.78, 5) is 11.9. The topological polar surface area (TPSA) is 50.4 Å². The van der Waals surface area contributed by atoms with E-state index in [-0.39, 0.29) is 11.4 Å². The molecule has 24 heavy (non-hydrogen) atoms. The fourth-order valence-corrected chi connectivity index (χ4v) is 2.20. The van der Waals surface area contributed by atoms with E-state index in [1.54, 1.807) is 0 Å². The maximum absolute atomic E-state index is 11.9. The first-order chi connectivity index (χ1) is 11.3. The van der Waals surface area contributed by atoms with E-state index in [0.29, 0.717) is 13.2 Å². The Morgan fingerprint density at radius 1 is 1.00 bits per heavy atom. The number of urea groups is 1. The molecule has 0 saturated heterocycles. The lowest BCUT2D eigenvalue weighted by molar-refractivity contribution is 0.247. The van der Waals surface area contributed by atoms with Crippen LogP contribution < -0.4 is 15.4 Å². The third-order valence-electron chi connectivity index (χ3n) is 3.69. The molecule has 128 valence electrons. The lowest BCUT2D eigenvalue weighted by Gasteiger charge is -2.19. The van der Waals surface area contributed by atoms with E-state index in [9.17, 15) is 4.79 Å². The number of nitrogens with one attached hydrogen (secondary N) is 2. The van der Waals surface area contributed by atoms with E-state index in [4.69, 9.17) is 4.74 Å². The van der Waals surface area contributed by atoms with Crippen molar-refractivity contribution >= 4 is 11.7 Å². The number of amides is 2. The van der Waals surface area contributed by atoms with Gasteiger partial charge in [0.05, 0.1) is 6.54 Å². The Morgan fingerprint density at radius 3 is 2.21 bits per heavy atom. The van der Waals surface area contributed by atoms with E-state index < -0.39 is 0 Å². The Labute approximate surface area is 144 Å². The van der Waals surface area contributed by atoms with E-state index in [0.717, 1.165) is 11.4 Å². The number of rotatable bonds is 5. The highest BCUT2D eigenvalue weighted by atomic mass is 16.5. The lowest BCUT2D eigenvalue weighted by Crippen LogP contribution is -2.32. The van der Waals surface area contributed by atoms with E-state index >= 15 is 0 Å². The number of carbonyl (C=O) groups excluding carboxylic acids is 1. The van der Waals surface area contributed by atoms with Gasteiger partial charge in [-0.3, -0.25) is 0 Å². The molecule has 0 spiro atoms. The smallest absolute Gasteiger partial charge is 0.319 e. The Morgan fingerprint density at radius 2 is 1.62 bits per heavy atom. The van der Waals surface area contributed by atoms with Crippen LogP contribution >= 0.6 is 0 Å². The zero-order valence-electron chi connectivity index (χ0n) is 14.8. The van der Waals surface area contributed by atoms with Crippen molar-refractivity contribution in [1.29, 1.82) is 0 Å². The number of hydrogen-bond donors (Lipinski definition) is 2. The molecule has 0 bridgehead atoms. The predicted octanol–water partition coefficient (Wildman–Crippen LogP) is 4.49. The predicted molar refractivity (Wildman–Crippen MR) is 98.8 cm³/mol. The van der Waals surface area contributed by atoms with Gasteiger partial charge in [0, 0.05) is 5.69 Å². The molecule has 0 heterocycles. The fourth-order valence-electron chi connectivity index (χ4n) is 2.20. The van der Waals surface area contributed by atoms with Crippen molar-refractivity contribution in [2.75, 3.05) is 18.5 Å². The van der Waals surface area contributed by atoms with Gasteiger partial charge in [-0.15, -0.1) is 0 Å². The zero-order chi connectivity index (χ0) is 17.6. The van der Waals surface area contributed by atoms with Gasteiger partial charge in [0.25, 0.3) is 0 Å². The second-order valence-electron chi connectivity index (χ2n) is 6.87. The maximum Gasteiger partial charge on any atom is 0.319 e. The number of carbonyl (C=O) groups is 1. The largest absolute Gasteiger partial charge is 0.492 e. The molecule has 0 atom stereocenters. The number of hydrogen-bond acceptors (Lipinski definition) is 2. The third kappa shape index (κ3) is 5.61. The molecule has 0 aliphatic heterocycles. The van der Waals surface area contributed by atoms with Crippen LogP contribution in [-0.2, 0) is 5.41 Å². The summed E-state index contributed by atoms with van der Waals surface area (Å²) in [5.74, 6) is 0.806. The van der Waals surface area contributed by atoms with Crippen LogP contribution in [0.1, 0.15) is 31.9 Å². The molecule has 2 aromatic rings. The van der Waals surface area contributed by atoms with E-state index in [2.05, 4.69) is 31.4 Å². The van der Waals surface area contributed by atoms with Crippen LogP contribution in [0.5, 0.6) is 5.75 Å². The second-order valence-corrected chi connectivity index (χ2v) is 6.87. The summed E-state index contributed by atoms with van der Waals surface area (Å²) in [6.07, 6.45) is 0. The molecule has 0 saturated carbocycles. The summed E-state index contributed by atoms with van der Waals surface area (Å²) in [6.45, 7) is 9.39. The lowest BCUT2D eigenvalue weighted by atomic mass is 9.87. The molecule has 2 amide bonds. The highest BCUT2D eigenvalue weighted by Crippen LogP contribution is 2.23. The first kappa shape index (κ1) is 17.9. The minimum absolute atomic E-state index is 0.105. The van der Waals surface area contributed by atoms with Gasteiger partial charge in [-0.05, 0) is 42.2 Å². The van der Waals surface area contributed by atoms with Gasteiger partial charge in [0.2, 0.25) is 0 Å². The van der Waals surface area contributed by atoms with Crippen molar-refractivity contribution in [2.24, 2.45) is 0 Å². The van der Waals surface area contributed by atoms with E-state index in [1.165, 1.54) is 11.1 Å². The summed E-state index contributed by atoms with van der Waals surface area (Å²) in [5.41, 5.74) is 3.31. The standard InChI is InChI=1S/C20H26N2O2/c1-15-5-11-18(12-6-15)24-14-13-21-19(23)22-17-9-7-16(8-10-17)20(2,3)4/h5-12H,13-14H2,1-4H3,(H2,21,22,23). The quantitative estimate of drug-likeness (QED) is 0.795. The first-order valence-electron chi connectivity index (χ1n) is 8.19. The van der Waals surface area contributed by atoms with Gasteiger partial charge < -0.3 is 15.4 Å². The van der Waals surface area contributed by atoms with Crippen LogP contribution in [0.25, 0.3) is 0 Å². The molecule has 0 aromatic heterocycles. The third-order valence-corrected chi connectivity index (χ3v) is 3.69. The summed E-state index contributed by atoms with van der Waals surface area (Å²) < 4.78 is 5.57. The van der Waals surface area contributed by atoms with Crippen molar-refractivity contribution in [3.8, 4) is 5.75 Å². The summed E-state index contributed by atoms with van der Waals surface area (Å²) >= 11 is 0. The number of ether oxygens (including phenoxy) is 1. The highest BCUT2D eigenvalue weighted by molar-refractivity contribution is 5.89. The molecular formula is C20H26N2O2. The van der Waals surface area contributed by atoms with Crippen LogP contribution in [-0.4, -0.2) is 19.2 Å². The molecule has 4 heteroatoms. The molecule has 0 unspecified atom stereocenters. The Bertz CT molecular complexity index is 656. The molecule has 0 fully saturated rings. The molecule has 0 radical (unpaired) electrons. The summed E-state index contributed by atoms with van der Waals surface area (Å²) in [7, 11) is 0. The van der Waals surface area contributed by atoms with Crippen molar-refractivity contribution < 1.29 is 9.53 Å². The van der Waals surface area contributed by atoms with E-state index in [1.807, 2.05) is 55.5 Å². The zero-order valence-corrected chi connectivity index (χ0v) is 14.8. The van der Waals surface area contributed by atoms with Crippen molar-refractivity contribution in [3.05, 3.63) is 59.7 Å². The van der Waals surface area contributed by atoms with Gasteiger partial charge in [-0.2, -0.15) is 0 Å². The van der Waals surface area contributed by atoms with Crippen molar-refractivity contribution in [3.63, 3.8) is 0 Å². The van der Waals surface area contributed by atoms with Gasteiger partial charge in [-0.25, -0.2) is 4.79 Å². The minimum atomic E-state index is -0.231. The molecule has 2 N–H and O–H groups in total. The highest BCUT2D eigenvalue weighted by Gasteiger charge is 2.13. The molecule has 0 aliphatic carbocycles. The van der Waals surface area contributed by atoms with Gasteiger partial charge in [-0.1, -0.05) is 50.6 Å². The molecule has 2 rings (SSSR count). The Hall–Kier alpha value is -2.49. The second kappa shape index (κ2) is 7.86. The molecule has 0 aliphatic rings. The van der Waals surface area contributed by atoms with Gasteiger partial charge in [0.15, 0.2) is 0 Å². The van der Waals surface area contributed by atoms with Crippen LogP contribution in [0.15, 0.2) is 48.5 Å². The average Bonchev–Trinajstić information content (AvgIpc) is 2.53. The minimum Gasteiger partial charge on any atom is -0.492 e. The summed E-state index contributed by atoms with van der Waals surface area (Å²) in [6, 6.07) is 15.5. The maximum atomic E-state index is 11.9. The van der Waals surface area contributed by atoms with Gasteiger partial charge >= 0.3 is 6.03 Å². The first-order valence-corrected chi connectivity index (χ1v) is 8.19. The summed E-state index contributed by atoms with van der Waals surface area (Å²) in [5, 5.41) is 5.60. The monoisotopic (exact) mass is 326 g/mol. The normalized spacial score (nSPS) is 11.0. The van der Waals surface area contributed by atoms with Crippen molar-refractivity contribution in [2.45, 2.75) is 33.1 Å². The fraction of sp³-hybridized carbons (Fsp3) is 0.350. The number of anilines is 1. The van der Waals surface area contributed by atoms with Crippen LogP contribution in [0.3, 0.4) is 0 Å². The molecule has 4 nitrogen and oxygen atoms in total. The Balaban J connectivity index is 1.72. The van der Waals surface area contributed by atoms with Gasteiger partial charge in [0.1, 0.15) is 12.4 Å². The Kier molecular flexibility index (Phi) is 5.85. The molecular weight excluding hydrogens is 300 g/mol. The number of benzene rings is 2. The average molecular weight is 326 g/mol. The molecule has 2 aromatic carbocycles.